The molecule has 2 radical (unpaired) electrons. The molecule has 2 aliphatic rings. The molecule has 180 valence electrons. The average molecular weight is 442 g/mol. The summed E-state index contributed by atoms with van der Waals surface area (Å²) < 4.78 is 0. The van der Waals surface area contributed by atoms with Gasteiger partial charge in [-0.3, -0.25) is 4.90 Å². The van der Waals surface area contributed by atoms with Gasteiger partial charge in [-0.1, -0.05) is 32.1 Å². The van der Waals surface area contributed by atoms with Gasteiger partial charge in [-0.25, -0.2) is 4.79 Å². The third-order valence-corrected chi connectivity index (χ3v) is 6.23. The molecule has 2 rings (SSSR count). The predicted octanol–water partition coefficient (Wildman–Crippen LogP) is 2.16. The largest absolute Gasteiger partial charge is 0.394 e. The summed E-state index contributed by atoms with van der Waals surface area (Å²) in [6.45, 7) is 7.21. The van der Waals surface area contributed by atoms with E-state index in [9.17, 15) is 25.2 Å². The van der Waals surface area contributed by atoms with Crippen LogP contribution in [0.15, 0.2) is 0 Å². The van der Waals surface area contributed by atoms with E-state index in [2.05, 4.69) is 5.32 Å². The molecule has 0 bridgehead atoms. The molecule has 2 fully saturated rings. The minimum atomic E-state index is -1.31. The van der Waals surface area contributed by atoms with E-state index in [1.807, 2.05) is 25.7 Å². The van der Waals surface area contributed by atoms with E-state index in [0.717, 1.165) is 45.1 Å². The van der Waals surface area contributed by atoms with E-state index in [1.165, 1.54) is 19.3 Å². The maximum atomic E-state index is 12.9. The molecular formula is C23H43N3O5. The molecule has 2 amide bonds. The molecule has 1 aliphatic carbocycles. The molecule has 1 aliphatic heterocycles. The fourth-order valence-electron chi connectivity index (χ4n) is 4.54. The molecule has 0 aromatic carbocycles. The number of aliphatic hydroxyl groups excluding tert-OH is 4. The van der Waals surface area contributed by atoms with Crippen molar-refractivity contribution in [1.82, 2.24) is 15.1 Å². The van der Waals surface area contributed by atoms with Crippen LogP contribution >= 0.6 is 0 Å². The summed E-state index contributed by atoms with van der Waals surface area (Å²) in [5.41, 5.74) is -0.250. The van der Waals surface area contributed by atoms with Crippen molar-refractivity contribution in [3.63, 3.8) is 0 Å². The fraction of sp³-hybridized carbons (Fsp3) is 0.870. The van der Waals surface area contributed by atoms with Gasteiger partial charge in [0.15, 0.2) is 6.10 Å². The summed E-state index contributed by atoms with van der Waals surface area (Å²) in [6, 6.07) is 0.706. The first-order valence-electron chi connectivity index (χ1n) is 11.9. The van der Waals surface area contributed by atoms with Crippen LogP contribution in [0, 0.1) is 12.1 Å². The molecule has 1 saturated heterocycles. The standard InChI is InChI=1S/C23H43N3O5/c1-23(2,3)24-22(31)26(17-11-7-6-8-12-17)14-10-5-4-9-13-25-15-19(28)21(30)20(29)18(25)16-27/h17,19-20,27-30H,4-16H2,1-3H3,(H,24,31)/t19-,20+/m0/s1. The van der Waals surface area contributed by atoms with Gasteiger partial charge in [0.1, 0.15) is 12.2 Å². The molecule has 0 aromatic heterocycles. The number of carbonyl (C=O) groups is 1. The Hall–Kier alpha value is -0.930. The first-order valence-corrected chi connectivity index (χ1v) is 11.9. The van der Waals surface area contributed by atoms with Crippen molar-refractivity contribution in [3.8, 4) is 0 Å². The van der Waals surface area contributed by atoms with Gasteiger partial charge in [0, 0.05) is 24.7 Å². The quantitative estimate of drug-likeness (QED) is 0.350. The van der Waals surface area contributed by atoms with Crippen molar-refractivity contribution in [3.05, 3.63) is 12.1 Å². The van der Waals surface area contributed by atoms with Crippen LogP contribution in [0.4, 0.5) is 4.79 Å². The van der Waals surface area contributed by atoms with Crippen LogP contribution in [-0.2, 0) is 0 Å². The van der Waals surface area contributed by atoms with Crippen LogP contribution in [0.3, 0.4) is 0 Å². The highest BCUT2D eigenvalue weighted by atomic mass is 16.4. The minimum Gasteiger partial charge on any atom is -0.394 e. The molecule has 1 saturated carbocycles. The number of amides is 2. The Kier molecular flexibility index (Phi) is 10.5. The number of unbranched alkanes of at least 4 members (excludes halogenated alkanes) is 3. The number of carbonyl (C=O) groups excluding carboxylic acids is 1. The second-order valence-electron chi connectivity index (χ2n) is 10.0. The van der Waals surface area contributed by atoms with Gasteiger partial charge in [0.2, 0.25) is 0 Å². The lowest BCUT2D eigenvalue weighted by atomic mass is 9.93. The van der Waals surface area contributed by atoms with Gasteiger partial charge in [-0.15, -0.1) is 0 Å². The number of likely N-dealkylation sites (tertiary alicyclic amines) is 1. The van der Waals surface area contributed by atoms with Crippen LogP contribution in [0.5, 0.6) is 0 Å². The summed E-state index contributed by atoms with van der Waals surface area (Å²) in [4.78, 5) is 16.7. The van der Waals surface area contributed by atoms with E-state index in [0.29, 0.717) is 18.6 Å². The van der Waals surface area contributed by atoms with Gasteiger partial charge in [-0.2, -0.15) is 0 Å². The maximum absolute atomic E-state index is 12.9. The Labute approximate surface area is 187 Å². The third-order valence-electron chi connectivity index (χ3n) is 6.23. The second-order valence-corrected chi connectivity index (χ2v) is 10.0. The zero-order chi connectivity index (χ0) is 23.0. The Morgan fingerprint density at radius 2 is 1.74 bits per heavy atom. The van der Waals surface area contributed by atoms with Gasteiger partial charge in [0.05, 0.1) is 12.6 Å². The van der Waals surface area contributed by atoms with Crippen molar-refractivity contribution in [2.75, 3.05) is 26.2 Å². The normalized spacial score (nSPS) is 25.0. The third kappa shape index (κ3) is 8.17. The lowest BCUT2D eigenvalue weighted by molar-refractivity contribution is -0.0538. The van der Waals surface area contributed by atoms with Gasteiger partial charge < -0.3 is 30.6 Å². The smallest absolute Gasteiger partial charge is 0.318 e. The molecule has 5 N–H and O–H groups in total. The van der Waals surface area contributed by atoms with E-state index in [4.69, 9.17) is 0 Å². The number of piperidine rings is 1. The van der Waals surface area contributed by atoms with Crippen LogP contribution < -0.4 is 5.32 Å². The molecule has 1 heterocycles. The lowest BCUT2D eigenvalue weighted by Gasteiger charge is -2.41. The Morgan fingerprint density at radius 1 is 1.10 bits per heavy atom. The summed E-state index contributed by atoms with van der Waals surface area (Å²) in [5.74, 6) is 0. The van der Waals surface area contributed by atoms with Gasteiger partial charge in [0.25, 0.3) is 0 Å². The molecule has 2 atom stereocenters. The number of rotatable bonds is 9. The molecule has 8 nitrogen and oxygen atoms in total. The number of nitrogens with zero attached hydrogens (tertiary/aromatic N) is 2. The zero-order valence-electron chi connectivity index (χ0n) is 19.5. The molecule has 8 heteroatoms. The molecule has 31 heavy (non-hydrogen) atoms. The number of urea groups is 1. The van der Waals surface area contributed by atoms with Crippen molar-refractivity contribution < 1.29 is 25.2 Å². The summed E-state index contributed by atoms with van der Waals surface area (Å²) in [5, 5.41) is 42.2. The SMILES string of the molecule is CC(C)(C)NC(=O)N(CCCCCCN1C[C@H](O)[C](O)[C@H](O)[C]1CO)C1CCCCC1. The minimum absolute atomic E-state index is 0.0361. The summed E-state index contributed by atoms with van der Waals surface area (Å²) in [7, 11) is 0. The Balaban J connectivity index is 1.76. The highest BCUT2D eigenvalue weighted by molar-refractivity contribution is 5.75. The number of hydrogen-bond donors (Lipinski definition) is 5. The topological polar surface area (TPSA) is 117 Å². The van der Waals surface area contributed by atoms with E-state index >= 15 is 0 Å². The monoisotopic (exact) mass is 441 g/mol. The Bertz CT molecular complexity index is 536. The molecule has 0 aromatic rings. The van der Waals surface area contributed by atoms with E-state index < -0.39 is 18.3 Å². The van der Waals surface area contributed by atoms with Gasteiger partial charge in [-0.05, 0) is 53.0 Å². The fourth-order valence-corrected chi connectivity index (χ4v) is 4.54. The average Bonchev–Trinajstić information content (AvgIpc) is 2.71. The van der Waals surface area contributed by atoms with Crippen molar-refractivity contribution in [1.29, 1.82) is 0 Å². The molecule has 0 unspecified atom stereocenters. The lowest BCUT2D eigenvalue weighted by Crippen LogP contribution is -2.54. The van der Waals surface area contributed by atoms with E-state index in [-0.39, 0.29) is 24.7 Å². The highest BCUT2D eigenvalue weighted by Gasteiger charge is 2.42. The number of hydrogen-bond acceptors (Lipinski definition) is 6. The van der Waals surface area contributed by atoms with Crippen LogP contribution in [0.2, 0.25) is 0 Å². The van der Waals surface area contributed by atoms with Crippen molar-refractivity contribution >= 4 is 6.03 Å². The summed E-state index contributed by atoms with van der Waals surface area (Å²) in [6.07, 6.45) is 6.72. The first-order chi connectivity index (χ1) is 14.6. The highest BCUT2D eigenvalue weighted by Crippen LogP contribution is 2.29. The predicted molar refractivity (Wildman–Crippen MR) is 119 cm³/mol. The molecular weight excluding hydrogens is 398 g/mol. The van der Waals surface area contributed by atoms with Gasteiger partial charge >= 0.3 is 6.03 Å². The maximum Gasteiger partial charge on any atom is 0.318 e. The van der Waals surface area contributed by atoms with Crippen LogP contribution in [0.1, 0.15) is 78.6 Å². The van der Waals surface area contributed by atoms with Crippen molar-refractivity contribution in [2.45, 2.75) is 102 Å². The molecule has 0 spiro atoms. The first kappa shape index (κ1) is 26.3. The van der Waals surface area contributed by atoms with Crippen molar-refractivity contribution in [2.24, 2.45) is 0 Å². The van der Waals surface area contributed by atoms with E-state index in [1.54, 1.807) is 4.90 Å². The second kappa shape index (κ2) is 12.3. The van der Waals surface area contributed by atoms with Crippen LogP contribution in [-0.4, -0.2) is 86.3 Å². The number of nitrogens with one attached hydrogen (secondary N) is 1. The summed E-state index contributed by atoms with van der Waals surface area (Å²) >= 11 is 0. The zero-order valence-corrected chi connectivity index (χ0v) is 19.5. The van der Waals surface area contributed by atoms with Crippen LogP contribution in [0.25, 0.3) is 0 Å². The Morgan fingerprint density at radius 3 is 2.35 bits per heavy atom. The number of aliphatic hydroxyl groups is 4. The number of β-amino-alcohol motifs (C(OH)–C–C–N with tert-alkyl or cyclic N) is 1.